The van der Waals surface area contributed by atoms with E-state index in [0.29, 0.717) is 0 Å². The van der Waals surface area contributed by atoms with Crippen LogP contribution >= 0.6 is 0 Å². The van der Waals surface area contributed by atoms with Crippen LogP contribution in [0.15, 0.2) is 41.3 Å². The van der Waals surface area contributed by atoms with Gasteiger partial charge in [-0.3, -0.25) is 4.18 Å². The van der Waals surface area contributed by atoms with Crippen molar-refractivity contribution in [2.24, 2.45) is 0 Å². The van der Waals surface area contributed by atoms with E-state index >= 15 is 0 Å². The minimum atomic E-state index is -3.88. The number of hydrogen-bond acceptors (Lipinski definition) is 7. The number of ether oxygens (including phenoxy) is 3. The highest BCUT2D eigenvalue weighted by Crippen LogP contribution is 2.14. The number of carbonyl (C=O) groups is 1. The van der Waals surface area contributed by atoms with Crippen molar-refractivity contribution < 1.29 is 31.6 Å². The molecule has 0 amide bonds. The molecule has 1 rings (SSSR count). The average Bonchev–Trinajstić information content (AvgIpc) is 2.57. The summed E-state index contributed by atoms with van der Waals surface area (Å²) in [5, 5.41) is 0. The van der Waals surface area contributed by atoms with Crippen molar-refractivity contribution in [3.63, 3.8) is 0 Å². The van der Waals surface area contributed by atoms with Crippen molar-refractivity contribution in [1.29, 1.82) is 0 Å². The first kappa shape index (κ1) is 21.3. The number of esters is 1. The van der Waals surface area contributed by atoms with Crippen LogP contribution in [-0.2, 0) is 33.3 Å². The fourth-order valence-electron chi connectivity index (χ4n) is 1.79. The Labute approximate surface area is 148 Å². The van der Waals surface area contributed by atoms with Gasteiger partial charge in [-0.25, -0.2) is 4.79 Å². The molecule has 140 valence electrons. The molecule has 25 heavy (non-hydrogen) atoms. The summed E-state index contributed by atoms with van der Waals surface area (Å²) in [4.78, 5) is 11.3. The standard InChI is InChI=1S/C17H24O7S/c1-4-22-17(18)7-5-6-15(23-13-21-3)12-24-25(19,20)16-10-8-14(2)9-11-16/h5,7-11,15H,4,6,12-13H2,1-3H3/b7-5+/t15-/m0/s1. The second kappa shape index (κ2) is 11.0. The molecule has 0 aliphatic heterocycles. The zero-order chi connectivity index (χ0) is 18.7. The molecule has 0 heterocycles. The van der Waals surface area contributed by atoms with Gasteiger partial charge in [0, 0.05) is 13.2 Å². The molecule has 8 heteroatoms. The van der Waals surface area contributed by atoms with Gasteiger partial charge in [0.1, 0.15) is 6.79 Å². The number of benzene rings is 1. The molecule has 1 aromatic carbocycles. The van der Waals surface area contributed by atoms with Crippen molar-refractivity contribution in [2.45, 2.75) is 31.3 Å². The van der Waals surface area contributed by atoms with Crippen LogP contribution in [0.2, 0.25) is 0 Å². The van der Waals surface area contributed by atoms with E-state index < -0.39 is 22.2 Å². The van der Waals surface area contributed by atoms with Crippen LogP contribution in [0.4, 0.5) is 0 Å². The lowest BCUT2D eigenvalue weighted by atomic mass is 10.2. The predicted molar refractivity (Wildman–Crippen MR) is 91.5 cm³/mol. The van der Waals surface area contributed by atoms with Gasteiger partial charge in [0.25, 0.3) is 10.1 Å². The van der Waals surface area contributed by atoms with Gasteiger partial charge in [0.05, 0.1) is 24.2 Å². The Kier molecular flexibility index (Phi) is 9.36. The minimum absolute atomic E-state index is 0.0220. The zero-order valence-corrected chi connectivity index (χ0v) is 15.5. The van der Waals surface area contributed by atoms with Crippen molar-refractivity contribution in [3.05, 3.63) is 42.0 Å². The maximum Gasteiger partial charge on any atom is 0.330 e. The maximum atomic E-state index is 12.2. The molecular formula is C17H24O7S. The molecule has 0 saturated carbocycles. The molecular weight excluding hydrogens is 348 g/mol. The van der Waals surface area contributed by atoms with Crippen molar-refractivity contribution in [3.8, 4) is 0 Å². The fraction of sp³-hybridized carbons (Fsp3) is 0.471. The van der Waals surface area contributed by atoms with Gasteiger partial charge in [0.15, 0.2) is 0 Å². The second-order valence-electron chi connectivity index (χ2n) is 5.14. The quantitative estimate of drug-likeness (QED) is 0.255. The molecule has 0 fully saturated rings. The molecule has 0 saturated heterocycles. The summed E-state index contributed by atoms with van der Waals surface area (Å²) in [6.07, 6.45) is 2.48. The lowest BCUT2D eigenvalue weighted by Crippen LogP contribution is -2.23. The fourth-order valence-corrected chi connectivity index (χ4v) is 2.73. The lowest BCUT2D eigenvalue weighted by molar-refractivity contribution is -0.137. The van der Waals surface area contributed by atoms with E-state index in [0.717, 1.165) is 5.56 Å². The molecule has 0 aliphatic rings. The minimum Gasteiger partial charge on any atom is -0.463 e. The van der Waals surface area contributed by atoms with Gasteiger partial charge >= 0.3 is 5.97 Å². The largest absolute Gasteiger partial charge is 0.463 e. The van der Waals surface area contributed by atoms with E-state index in [9.17, 15) is 13.2 Å². The predicted octanol–water partition coefficient (Wildman–Crippen LogP) is 2.20. The Morgan fingerprint density at radius 1 is 1.24 bits per heavy atom. The van der Waals surface area contributed by atoms with E-state index in [1.807, 2.05) is 6.92 Å². The van der Waals surface area contributed by atoms with Crippen LogP contribution < -0.4 is 0 Å². The average molecular weight is 372 g/mol. The van der Waals surface area contributed by atoms with Crippen molar-refractivity contribution >= 4 is 16.1 Å². The molecule has 0 aliphatic carbocycles. The molecule has 0 radical (unpaired) electrons. The Balaban J connectivity index is 2.64. The van der Waals surface area contributed by atoms with Crippen LogP contribution in [0.5, 0.6) is 0 Å². The molecule has 1 aromatic rings. The first-order valence-corrected chi connectivity index (χ1v) is 9.19. The highest BCUT2D eigenvalue weighted by Gasteiger charge is 2.18. The van der Waals surface area contributed by atoms with Gasteiger partial charge in [-0.15, -0.1) is 0 Å². The van der Waals surface area contributed by atoms with Crippen LogP contribution in [0.1, 0.15) is 18.9 Å². The van der Waals surface area contributed by atoms with Crippen LogP contribution in [0.3, 0.4) is 0 Å². The lowest BCUT2D eigenvalue weighted by Gasteiger charge is -2.16. The highest BCUT2D eigenvalue weighted by atomic mass is 32.2. The topological polar surface area (TPSA) is 88.1 Å². The second-order valence-corrected chi connectivity index (χ2v) is 6.75. The number of hydrogen-bond donors (Lipinski definition) is 0. The first-order chi connectivity index (χ1) is 11.9. The number of rotatable bonds is 11. The normalized spacial score (nSPS) is 13.1. The molecule has 7 nitrogen and oxygen atoms in total. The van der Waals surface area contributed by atoms with E-state index in [1.54, 1.807) is 25.1 Å². The summed E-state index contributed by atoms with van der Waals surface area (Å²) in [5.41, 5.74) is 0.948. The Hall–Kier alpha value is -1.74. The molecule has 0 unspecified atom stereocenters. The van der Waals surface area contributed by atoms with Crippen molar-refractivity contribution in [1.82, 2.24) is 0 Å². The molecule has 0 spiro atoms. The van der Waals surface area contributed by atoms with Gasteiger partial charge in [-0.2, -0.15) is 8.42 Å². The summed E-state index contributed by atoms with van der Waals surface area (Å²) in [5.74, 6) is -0.471. The van der Waals surface area contributed by atoms with E-state index in [1.165, 1.54) is 25.3 Å². The van der Waals surface area contributed by atoms with Crippen LogP contribution in [0.25, 0.3) is 0 Å². The van der Waals surface area contributed by atoms with Crippen LogP contribution in [-0.4, -0.2) is 47.6 Å². The molecule has 1 atom stereocenters. The molecule has 0 N–H and O–H groups in total. The first-order valence-electron chi connectivity index (χ1n) is 7.79. The summed E-state index contributed by atoms with van der Waals surface area (Å²) in [6.45, 7) is 3.63. The summed E-state index contributed by atoms with van der Waals surface area (Å²) in [6, 6.07) is 6.35. The van der Waals surface area contributed by atoms with Gasteiger partial charge in [-0.1, -0.05) is 23.8 Å². The summed E-state index contributed by atoms with van der Waals surface area (Å²) < 4.78 is 44.4. The third-order valence-electron chi connectivity index (χ3n) is 3.08. The number of carbonyl (C=O) groups excluding carboxylic acids is 1. The van der Waals surface area contributed by atoms with Gasteiger partial charge in [-0.05, 0) is 32.4 Å². The Bertz CT molecular complexity index is 650. The smallest absolute Gasteiger partial charge is 0.330 e. The molecule has 0 bridgehead atoms. The Morgan fingerprint density at radius 2 is 1.92 bits per heavy atom. The molecule has 0 aromatic heterocycles. The van der Waals surface area contributed by atoms with E-state index in [-0.39, 0.29) is 31.3 Å². The number of methoxy groups -OCH3 is 1. The van der Waals surface area contributed by atoms with Gasteiger partial charge < -0.3 is 14.2 Å². The third kappa shape index (κ3) is 8.26. The van der Waals surface area contributed by atoms with Crippen LogP contribution in [0, 0.1) is 6.92 Å². The maximum absolute atomic E-state index is 12.2. The number of aryl methyl sites for hydroxylation is 1. The van der Waals surface area contributed by atoms with E-state index in [4.69, 9.17) is 18.4 Å². The highest BCUT2D eigenvalue weighted by molar-refractivity contribution is 7.86. The Morgan fingerprint density at radius 3 is 2.52 bits per heavy atom. The monoisotopic (exact) mass is 372 g/mol. The zero-order valence-electron chi connectivity index (χ0n) is 14.6. The van der Waals surface area contributed by atoms with Crippen molar-refractivity contribution in [2.75, 3.05) is 27.1 Å². The third-order valence-corrected chi connectivity index (χ3v) is 4.38. The SMILES string of the molecule is CCOC(=O)/C=C/C[C@@H](COS(=O)(=O)c1ccc(C)cc1)OCOC. The van der Waals surface area contributed by atoms with E-state index in [2.05, 4.69) is 0 Å². The summed E-state index contributed by atoms with van der Waals surface area (Å²) in [7, 11) is -2.43. The van der Waals surface area contributed by atoms with Gasteiger partial charge in [0.2, 0.25) is 0 Å². The summed E-state index contributed by atoms with van der Waals surface area (Å²) >= 11 is 0.